The molecule has 3 N–H and O–H groups in total. The van der Waals surface area contributed by atoms with E-state index in [0.29, 0.717) is 24.5 Å². The quantitative estimate of drug-likeness (QED) is 0.338. The van der Waals surface area contributed by atoms with Crippen LogP contribution in [0.1, 0.15) is 12.0 Å². The number of hydrogen-bond donors (Lipinski definition) is 2. The zero-order chi connectivity index (χ0) is 12.7. The Hall–Kier alpha value is -1.20. The molecule has 0 saturated carbocycles. The highest BCUT2D eigenvalue weighted by Gasteiger charge is 2.11. The minimum Gasteiger partial charge on any atom is -0.493 e. The molecule has 0 atom stereocenters. The summed E-state index contributed by atoms with van der Waals surface area (Å²) in [5, 5.41) is 7.60. The van der Waals surface area contributed by atoms with Crippen molar-refractivity contribution in [3.8, 4) is 5.75 Å². The molecule has 0 unspecified atom stereocenters. The third-order valence-electron chi connectivity index (χ3n) is 2.23. The molecule has 0 heterocycles. The van der Waals surface area contributed by atoms with E-state index in [1.807, 2.05) is 24.5 Å². The lowest BCUT2D eigenvalue weighted by atomic mass is 10.2. The van der Waals surface area contributed by atoms with Crippen molar-refractivity contribution in [1.82, 2.24) is 0 Å². The zero-order valence-corrected chi connectivity index (χ0v) is 11.0. The molecule has 0 amide bonds. The third kappa shape index (κ3) is 3.94. The van der Waals surface area contributed by atoms with Crippen LogP contribution in [0.2, 0.25) is 0 Å². The van der Waals surface area contributed by atoms with Crippen LogP contribution in [0.4, 0.5) is 0 Å². The number of ether oxygens (including phenoxy) is 2. The number of nitrogens with two attached hydrogens (primary N) is 1. The van der Waals surface area contributed by atoms with Gasteiger partial charge >= 0.3 is 0 Å². The lowest BCUT2D eigenvalue weighted by Gasteiger charge is -2.13. The molecule has 0 bridgehead atoms. The fourth-order valence-corrected chi connectivity index (χ4v) is 2.08. The first-order chi connectivity index (χ1) is 8.20. The largest absolute Gasteiger partial charge is 0.493 e. The van der Waals surface area contributed by atoms with E-state index in [-0.39, 0.29) is 5.84 Å². The highest BCUT2D eigenvalue weighted by molar-refractivity contribution is 7.98. The fourth-order valence-electron chi connectivity index (χ4n) is 1.45. The van der Waals surface area contributed by atoms with E-state index in [9.17, 15) is 0 Å². The molecule has 0 fully saturated rings. The number of nitrogen functional groups attached to an aromatic ring is 1. The number of rotatable bonds is 7. The van der Waals surface area contributed by atoms with Crippen molar-refractivity contribution in [3.05, 3.63) is 23.8 Å². The average molecular weight is 254 g/mol. The second kappa shape index (κ2) is 7.19. The molecule has 1 rings (SSSR count). The molecule has 0 aliphatic carbocycles. The molecule has 4 nitrogen and oxygen atoms in total. The van der Waals surface area contributed by atoms with Crippen molar-refractivity contribution in [2.75, 3.05) is 26.6 Å². The van der Waals surface area contributed by atoms with Crippen molar-refractivity contribution < 1.29 is 9.47 Å². The maximum Gasteiger partial charge on any atom is 0.131 e. The van der Waals surface area contributed by atoms with Gasteiger partial charge in [0.25, 0.3) is 0 Å². The van der Waals surface area contributed by atoms with Crippen molar-refractivity contribution in [2.24, 2.45) is 5.73 Å². The predicted molar refractivity (Wildman–Crippen MR) is 71.2 cm³/mol. The van der Waals surface area contributed by atoms with Gasteiger partial charge in [0.2, 0.25) is 0 Å². The smallest absolute Gasteiger partial charge is 0.131 e. The summed E-state index contributed by atoms with van der Waals surface area (Å²) in [7, 11) is 1.66. The Morgan fingerprint density at radius 1 is 1.41 bits per heavy atom. The van der Waals surface area contributed by atoms with Crippen molar-refractivity contribution >= 4 is 17.6 Å². The predicted octanol–water partition coefficient (Wildman–Crippen LogP) is 2.11. The van der Waals surface area contributed by atoms with Crippen LogP contribution in [-0.4, -0.2) is 32.4 Å². The molecule has 0 spiro atoms. The molecule has 0 aliphatic heterocycles. The molecule has 94 valence electrons. The van der Waals surface area contributed by atoms with Gasteiger partial charge in [-0.3, -0.25) is 5.41 Å². The summed E-state index contributed by atoms with van der Waals surface area (Å²) in [5.74, 6) is 0.706. The Labute approximate surface area is 106 Å². The molecule has 0 aromatic heterocycles. The van der Waals surface area contributed by atoms with E-state index in [4.69, 9.17) is 20.6 Å². The maximum absolute atomic E-state index is 7.60. The first-order valence-electron chi connectivity index (χ1n) is 5.33. The highest BCUT2D eigenvalue weighted by atomic mass is 32.2. The van der Waals surface area contributed by atoms with E-state index in [1.54, 1.807) is 18.9 Å². The van der Waals surface area contributed by atoms with E-state index in [0.717, 1.165) is 11.3 Å². The minimum atomic E-state index is 0.0386. The van der Waals surface area contributed by atoms with Gasteiger partial charge in [-0.2, -0.15) is 0 Å². The topological polar surface area (TPSA) is 68.3 Å². The SMILES string of the molecule is COCCCOc1cccc(SC)c1C(=N)N. The van der Waals surface area contributed by atoms with E-state index in [1.165, 1.54) is 0 Å². The summed E-state index contributed by atoms with van der Waals surface area (Å²) in [6, 6.07) is 5.68. The van der Waals surface area contributed by atoms with Gasteiger partial charge in [0, 0.05) is 25.0 Å². The van der Waals surface area contributed by atoms with Gasteiger partial charge in [0.15, 0.2) is 0 Å². The van der Waals surface area contributed by atoms with Crippen LogP contribution in [0, 0.1) is 5.41 Å². The summed E-state index contributed by atoms with van der Waals surface area (Å²) in [6.07, 6.45) is 2.77. The van der Waals surface area contributed by atoms with Gasteiger partial charge in [-0.1, -0.05) is 6.07 Å². The minimum absolute atomic E-state index is 0.0386. The standard InChI is InChI=1S/C12H18N2O2S/c1-15-7-4-8-16-9-5-3-6-10(17-2)11(9)12(13)14/h3,5-6H,4,7-8H2,1-2H3,(H3,13,14). The van der Waals surface area contributed by atoms with Gasteiger partial charge in [-0.25, -0.2) is 0 Å². The fraction of sp³-hybridized carbons (Fsp3) is 0.417. The maximum atomic E-state index is 7.60. The third-order valence-corrected chi connectivity index (χ3v) is 3.01. The Balaban J connectivity index is 2.79. The molecule has 1 aromatic rings. The summed E-state index contributed by atoms with van der Waals surface area (Å²) in [6.45, 7) is 1.23. The molecular formula is C12H18N2O2S. The summed E-state index contributed by atoms with van der Waals surface area (Å²) < 4.78 is 10.6. The van der Waals surface area contributed by atoms with Gasteiger partial charge in [-0.15, -0.1) is 11.8 Å². The van der Waals surface area contributed by atoms with Crippen molar-refractivity contribution in [1.29, 1.82) is 5.41 Å². The number of thioether (sulfide) groups is 1. The van der Waals surface area contributed by atoms with Gasteiger partial charge < -0.3 is 15.2 Å². The molecule has 5 heteroatoms. The number of nitrogens with one attached hydrogen (secondary N) is 1. The van der Waals surface area contributed by atoms with Crippen LogP contribution in [-0.2, 0) is 4.74 Å². The molecule has 0 saturated heterocycles. The van der Waals surface area contributed by atoms with Gasteiger partial charge in [-0.05, 0) is 18.4 Å². The average Bonchev–Trinajstić information content (AvgIpc) is 2.33. The van der Waals surface area contributed by atoms with Crippen molar-refractivity contribution in [3.63, 3.8) is 0 Å². The van der Waals surface area contributed by atoms with E-state index >= 15 is 0 Å². The molecule has 1 aromatic carbocycles. The Morgan fingerprint density at radius 3 is 2.76 bits per heavy atom. The highest BCUT2D eigenvalue weighted by Crippen LogP contribution is 2.28. The Kier molecular flexibility index (Phi) is 5.86. The van der Waals surface area contributed by atoms with Crippen LogP contribution in [0.15, 0.2) is 23.1 Å². The summed E-state index contributed by atoms with van der Waals surface area (Å²) in [4.78, 5) is 0.960. The van der Waals surface area contributed by atoms with Gasteiger partial charge in [0.05, 0.1) is 12.2 Å². The number of methoxy groups -OCH3 is 1. The lowest BCUT2D eigenvalue weighted by Crippen LogP contribution is -2.15. The normalized spacial score (nSPS) is 10.2. The van der Waals surface area contributed by atoms with Crippen LogP contribution in [0.25, 0.3) is 0 Å². The molecule has 0 aliphatic rings. The number of hydrogen-bond acceptors (Lipinski definition) is 4. The lowest BCUT2D eigenvalue weighted by molar-refractivity contribution is 0.172. The van der Waals surface area contributed by atoms with Crippen LogP contribution in [0.3, 0.4) is 0 Å². The van der Waals surface area contributed by atoms with E-state index in [2.05, 4.69) is 0 Å². The summed E-state index contributed by atoms with van der Waals surface area (Å²) in [5.41, 5.74) is 6.26. The van der Waals surface area contributed by atoms with Crippen LogP contribution in [0.5, 0.6) is 5.75 Å². The van der Waals surface area contributed by atoms with Crippen LogP contribution >= 0.6 is 11.8 Å². The number of benzene rings is 1. The molecule has 17 heavy (non-hydrogen) atoms. The molecule has 0 radical (unpaired) electrons. The Morgan fingerprint density at radius 2 is 2.18 bits per heavy atom. The van der Waals surface area contributed by atoms with Crippen LogP contribution < -0.4 is 10.5 Å². The molecular weight excluding hydrogens is 236 g/mol. The first kappa shape index (κ1) is 13.9. The number of amidine groups is 1. The van der Waals surface area contributed by atoms with E-state index < -0.39 is 0 Å². The second-order valence-electron chi connectivity index (χ2n) is 3.44. The zero-order valence-electron chi connectivity index (χ0n) is 10.2. The second-order valence-corrected chi connectivity index (χ2v) is 4.29. The Bertz CT molecular complexity index is 383. The first-order valence-corrected chi connectivity index (χ1v) is 6.56. The summed E-state index contributed by atoms with van der Waals surface area (Å²) >= 11 is 1.56. The van der Waals surface area contributed by atoms with Crippen molar-refractivity contribution in [2.45, 2.75) is 11.3 Å². The monoisotopic (exact) mass is 254 g/mol. The van der Waals surface area contributed by atoms with Gasteiger partial charge in [0.1, 0.15) is 11.6 Å².